The van der Waals surface area contributed by atoms with E-state index in [1.165, 1.54) is 0 Å². The molecule has 2 aromatic heterocycles. The molecule has 1 unspecified atom stereocenters. The monoisotopic (exact) mass is 277 g/mol. The van der Waals surface area contributed by atoms with E-state index < -0.39 is 0 Å². The first-order valence-electron chi connectivity index (χ1n) is 7.01. The number of H-pyrrole nitrogens is 1. The van der Waals surface area contributed by atoms with Gasteiger partial charge in [-0.3, -0.25) is 4.79 Å². The number of imidazole rings is 1. The van der Waals surface area contributed by atoms with Crippen molar-refractivity contribution in [2.75, 3.05) is 0 Å². The summed E-state index contributed by atoms with van der Waals surface area (Å²) in [5.74, 6) is 0.382. The van der Waals surface area contributed by atoms with Crippen LogP contribution >= 0.6 is 0 Å². The molecule has 1 aromatic carbocycles. The van der Waals surface area contributed by atoms with Gasteiger partial charge in [0.15, 0.2) is 5.52 Å². The van der Waals surface area contributed by atoms with Crippen molar-refractivity contribution in [2.24, 2.45) is 13.0 Å². The lowest BCUT2D eigenvalue weighted by atomic mass is 10.1. The molecule has 0 saturated carbocycles. The molecular weight excluding hydrogens is 262 g/mol. The quantitative estimate of drug-likeness (QED) is 0.671. The van der Waals surface area contributed by atoms with E-state index in [9.17, 15) is 4.79 Å². The average molecular weight is 277 g/mol. The standard InChI is InChI=1S/C17H15N3O/c1-10-4-3-5-11-7-13-14(8-12(11)6-10)19-17(21)15-16(13)20(2)9-18-15/h3-10H,1-2H3,(H,19,21). The highest BCUT2D eigenvalue weighted by Gasteiger charge is 2.10. The first-order valence-corrected chi connectivity index (χ1v) is 7.01. The summed E-state index contributed by atoms with van der Waals surface area (Å²) in [6.07, 6.45) is 10.3. The maximum absolute atomic E-state index is 12.1. The molecule has 0 bridgehead atoms. The summed E-state index contributed by atoms with van der Waals surface area (Å²) in [7, 11) is 1.91. The van der Waals surface area contributed by atoms with Crippen LogP contribution in [0.25, 0.3) is 34.1 Å². The second kappa shape index (κ2) is 4.19. The molecule has 1 aliphatic carbocycles. The molecule has 1 N–H and O–H groups in total. The third-order valence-corrected chi connectivity index (χ3v) is 4.01. The van der Waals surface area contributed by atoms with Gasteiger partial charge in [-0.1, -0.05) is 31.2 Å². The van der Waals surface area contributed by atoms with Crippen molar-refractivity contribution in [2.45, 2.75) is 6.92 Å². The topological polar surface area (TPSA) is 50.7 Å². The van der Waals surface area contributed by atoms with Gasteiger partial charge in [0.05, 0.1) is 17.4 Å². The number of aryl methyl sites for hydroxylation is 1. The molecule has 0 fully saturated rings. The van der Waals surface area contributed by atoms with Gasteiger partial charge in [0.2, 0.25) is 0 Å². The van der Waals surface area contributed by atoms with Crippen LogP contribution in [0.3, 0.4) is 0 Å². The molecule has 3 aromatic rings. The lowest BCUT2D eigenvalue weighted by molar-refractivity contribution is 0.950. The molecule has 0 amide bonds. The van der Waals surface area contributed by atoms with Crippen LogP contribution in [0, 0.1) is 5.92 Å². The number of fused-ring (bicyclic) bond motifs is 4. The predicted octanol–water partition coefficient (Wildman–Crippen LogP) is 1.18. The fourth-order valence-corrected chi connectivity index (χ4v) is 2.99. The Kier molecular flexibility index (Phi) is 2.42. The van der Waals surface area contributed by atoms with Gasteiger partial charge in [-0.05, 0) is 28.5 Å². The molecule has 2 heterocycles. The fourth-order valence-electron chi connectivity index (χ4n) is 2.99. The number of rotatable bonds is 0. The first-order chi connectivity index (χ1) is 10.1. The van der Waals surface area contributed by atoms with Crippen molar-refractivity contribution in [3.8, 4) is 0 Å². The molecule has 0 radical (unpaired) electrons. The lowest BCUT2D eigenvalue weighted by Crippen LogP contribution is -2.25. The first kappa shape index (κ1) is 12.1. The van der Waals surface area contributed by atoms with Gasteiger partial charge in [0, 0.05) is 12.4 Å². The molecular formula is C17H15N3O. The van der Waals surface area contributed by atoms with Crippen LogP contribution < -0.4 is 16.0 Å². The Morgan fingerprint density at radius 1 is 1.29 bits per heavy atom. The van der Waals surface area contributed by atoms with Gasteiger partial charge in [-0.15, -0.1) is 0 Å². The van der Waals surface area contributed by atoms with Crippen LogP contribution in [0.4, 0.5) is 0 Å². The fraction of sp³-hybridized carbons (Fsp3) is 0.176. The van der Waals surface area contributed by atoms with E-state index in [1.54, 1.807) is 6.33 Å². The van der Waals surface area contributed by atoms with Crippen molar-refractivity contribution in [1.29, 1.82) is 0 Å². The normalized spacial score (nSPS) is 17.3. The zero-order valence-electron chi connectivity index (χ0n) is 11.9. The number of nitrogens with one attached hydrogen (secondary N) is 1. The van der Waals surface area contributed by atoms with E-state index >= 15 is 0 Å². The maximum atomic E-state index is 12.1. The minimum absolute atomic E-state index is 0.137. The number of nitrogens with zero attached hydrogens (tertiary/aromatic N) is 2. The van der Waals surface area contributed by atoms with Crippen LogP contribution in [0.5, 0.6) is 0 Å². The van der Waals surface area contributed by atoms with Gasteiger partial charge < -0.3 is 9.55 Å². The number of hydrogen-bond acceptors (Lipinski definition) is 2. The van der Waals surface area contributed by atoms with Crippen molar-refractivity contribution in [3.05, 3.63) is 51.4 Å². The minimum atomic E-state index is -0.137. The van der Waals surface area contributed by atoms with Crippen molar-refractivity contribution < 1.29 is 0 Å². The largest absolute Gasteiger partial charge is 0.333 e. The highest BCUT2D eigenvalue weighted by Crippen LogP contribution is 2.17. The van der Waals surface area contributed by atoms with E-state index in [-0.39, 0.29) is 5.56 Å². The van der Waals surface area contributed by atoms with Crippen LogP contribution in [0.1, 0.15) is 6.92 Å². The van der Waals surface area contributed by atoms with E-state index in [0.717, 1.165) is 26.9 Å². The lowest BCUT2D eigenvalue weighted by Gasteiger charge is -2.03. The van der Waals surface area contributed by atoms with Crippen molar-refractivity contribution >= 4 is 34.1 Å². The average Bonchev–Trinajstić information content (AvgIpc) is 2.73. The second-order valence-electron chi connectivity index (χ2n) is 5.61. The molecule has 21 heavy (non-hydrogen) atoms. The highest BCUT2D eigenvalue weighted by atomic mass is 16.1. The second-order valence-corrected chi connectivity index (χ2v) is 5.61. The van der Waals surface area contributed by atoms with E-state index in [1.807, 2.05) is 11.6 Å². The third kappa shape index (κ3) is 1.76. The van der Waals surface area contributed by atoms with Gasteiger partial charge in [0.1, 0.15) is 0 Å². The Labute approximate surface area is 120 Å². The Morgan fingerprint density at radius 3 is 3.00 bits per heavy atom. The molecule has 4 heteroatoms. The van der Waals surface area contributed by atoms with Crippen LogP contribution in [-0.4, -0.2) is 14.5 Å². The van der Waals surface area contributed by atoms with Gasteiger partial charge in [0.25, 0.3) is 5.56 Å². The Bertz CT molecular complexity index is 1080. The molecule has 1 aliphatic rings. The zero-order valence-corrected chi connectivity index (χ0v) is 11.9. The summed E-state index contributed by atoms with van der Waals surface area (Å²) in [4.78, 5) is 19.3. The van der Waals surface area contributed by atoms with E-state index in [0.29, 0.717) is 11.4 Å². The van der Waals surface area contributed by atoms with Gasteiger partial charge >= 0.3 is 0 Å². The summed E-state index contributed by atoms with van der Waals surface area (Å²) in [6, 6.07) is 4.18. The van der Waals surface area contributed by atoms with Crippen molar-refractivity contribution in [1.82, 2.24) is 14.5 Å². The smallest absolute Gasteiger partial charge is 0.276 e. The number of aromatic nitrogens is 3. The van der Waals surface area contributed by atoms with Crippen molar-refractivity contribution in [3.63, 3.8) is 0 Å². The summed E-state index contributed by atoms with van der Waals surface area (Å²) in [5.41, 5.74) is 2.09. The Balaban J connectivity index is 2.28. The highest BCUT2D eigenvalue weighted by molar-refractivity contribution is 6.02. The summed E-state index contributed by atoms with van der Waals surface area (Å²) >= 11 is 0. The van der Waals surface area contributed by atoms with Crippen LogP contribution in [0.15, 0.2) is 35.4 Å². The molecule has 1 atom stereocenters. The summed E-state index contributed by atoms with van der Waals surface area (Å²) in [6.45, 7) is 2.15. The number of allylic oxidation sites excluding steroid dienone is 2. The molecule has 4 rings (SSSR count). The molecule has 4 nitrogen and oxygen atoms in total. The molecule has 0 aliphatic heterocycles. The number of pyridine rings is 1. The van der Waals surface area contributed by atoms with Crippen LogP contribution in [0.2, 0.25) is 0 Å². The van der Waals surface area contributed by atoms with E-state index in [2.05, 4.69) is 53.3 Å². The number of benzene rings is 1. The third-order valence-electron chi connectivity index (χ3n) is 4.01. The van der Waals surface area contributed by atoms with Gasteiger partial charge in [-0.25, -0.2) is 4.98 Å². The van der Waals surface area contributed by atoms with Gasteiger partial charge in [-0.2, -0.15) is 0 Å². The Morgan fingerprint density at radius 2 is 2.14 bits per heavy atom. The molecule has 104 valence electrons. The predicted molar refractivity (Wildman–Crippen MR) is 85.3 cm³/mol. The zero-order chi connectivity index (χ0) is 14.6. The van der Waals surface area contributed by atoms with E-state index in [4.69, 9.17) is 0 Å². The number of hydrogen-bond donors (Lipinski definition) is 1. The Hall–Kier alpha value is -2.62. The van der Waals surface area contributed by atoms with Crippen LogP contribution in [-0.2, 0) is 7.05 Å². The number of aromatic amines is 1. The molecule has 0 saturated heterocycles. The summed E-state index contributed by atoms with van der Waals surface area (Å²) in [5, 5.41) is 3.34. The SMILES string of the molecule is CC1C=CC=c2cc3c(cc2=C1)[nH]c(=O)c1ncn(C)c13. The summed E-state index contributed by atoms with van der Waals surface area (Å²) < 4.78 is 1.90. The minimum Gasteiger partial charge on any atom is -0.333 e. The maximum Gasteiger partial charge on any atom is 0.276 e. The molecule has 0 spiro atoms.